The van der Waals surface area contributed by atoms with Gasteiger partial charge in [0.1, 0.15) is 0 Å². The standard InChI is InChI=1S/C18H25N3O/c1-13(2)9-10-19-17-18(22)21(12-11-20-17)16-7-5-15(6-8-16)14(3)4/h5-8,11-14H,9-10H2,1-4H3,(H,19,20). The molecule has 0 bridgehead atoms. The molecule has 0 saturated heterocycles. The van der Waals surface area contributed by atoms with Gasteiger partial charge < -0.3 is 5.32 Å². The maximum atomic E-state index is 12.5. The molecule has 118 valence electrons. The van der Waals surface area contributed by atoms with Crippen molar-refractivity contribution in [2.45, 2.75) is 40.0 Å². The van der Waals surface area contributed by atoms with E-state index in [1.165, 1.54) is 5.56 Å². The number of hydrogen-bond donors (Lipinski definition) is 1. The lowest BCUT2D eigenvalue weighted by Gasteiger charge is -2.11. The predicted molar refractivity (Wildman–Crippen MR) is 91.9 cm³/mol. The zero-order valence-electron chi connectivity index (χ0n) is 13.8. The molecule has 1 aromatic carbocycles. The second-order valence-corrected chi connectivity index (χ2v) is 6.31. The number of nitrogens with one attached hydrogen (secondary N) is 1. The molecule has 1 N–H and O–H groups in total. The summed E-state index contributed by atoms with van der Waals surface area (Å²) in [6.45, 7) is 9.40. The molecule has 1 heterocycles. The van der Waals surface area contributed by atoms with Gasteiger partial charge in [0.15, 0.2) is 5.82 Å². The zero-order valence-corrected chi connectivity index (χ0v) is 13.8. The first-order valence-electron chi connectivity index (χ1n) is 7.91. The maximum Gasteiger partial charge on any atom is 0.297 e. The fraction of sp³-hybridized carbons (Fsp3) is 0.444. The lowest BCUT2D eigenvalue weighted by Crippen LogP contribution is -2.23. The van der Waals surface area contributed by atoms with Gasteiger partial charge in [-0.1, -0.05) is 39.8 Å². The van der Waals surface area contributed by atoms with Crippen LogP contribution in [0.25, 0.3) is 5.69 Å². The molecule has 0 saturated carbocycles. The number of aromatic nitrogens is 2. The van der Waals surface area contributed by atoms with E-state index in [9.17, 15) is 4.79 Å². The molecule has 0 unspecified atom stereocenters. The van der Waals surface area contributed by atoms with Gasteiger partial charge in [0.05, 0.1) is 0 Å². The molecule has 0 spiro atoms. The number of hydrogen-bond acceptors (Lipinski definition) is 3. The SMILES string of the molecule is CC(C)CCNc1nccn(-c2ccc(C(C)C)cc2)c1=O. The van der Waals surface area contributed by atoms with Crippen LogP contribution in [-0.2, 0) is 0 Å². The predicted octanol–water partition coefficient (Wildman–Crippen LogP) is 3.81. The van der Waals surface area contributed by atoms with Crippen molar-refractivity contribution in [3.63, 3.8) is 0 Å². The molecule has 0 atom stereocenters. The fourth-order valence-electron chi connectivity index (χ4n) is 2.24. The normalized spacial score (nSPS) is 11.2. The third-order valence-electron chi connectivity index (χ3n) is 3.69. The van der Waals surface area contributed by atoms with E-state index in [4.69, 9.17) is 0 Å². The Morgan fingerprint density at radius 2 is 1.82 bits per heavy atom. The molecule has 0 amide bonds. The molecule has 4 heteroatoms. The summed E-state index contributed by atoms with van der Waals surface area (Å²) in [6, 6.07) is 8.10. The maximum absolute atomic E-state index is 12.5. The Bertz CT molecular complexity index is 657. The summed E-state index contributed by atoms with van der Waals surface area (Å²) in [6.07, 6.45) is 4.38. The van der Waals surface area contributed by atoms with Gasteiger partial charge in [0.25, 0.3) is 5.56 Å². The molecule has 2 aromatic rings. The van der Waals surface area contributed by atoms with Crippen molar-refractivity contribution < 1.29 is 0 Å². The van der Waals surface area contributed by atoms with Crippen molar-refractivity contribution in [3.05, 3.63) is 52.6 Å². The Balaban J connectivity index is 2.23. The highest BCUT2D eigenvalue weighted by molar-refractivity contribution is 5.40. The molecule has 0 radical (unpaired) electrons. The van der Waals surface area contributed by atoms with Crippen molar-refractivity contribution in [3.8, 4) is 5.69 Å². The van der Waals surface area contributed by atoms with Gasteiger partial charge in [-0.2, -0.15) is 0 Å². The Hall–Kier alpha value is -2.10. The molecular weight excluding hydrogens is 274 g/mol. The van der Waals surface area contributed by atoms with Gasteiger partial charge in [-0.3, -0.25) is 9.36 Å². The lowest BCUT2D eigenvalue weighted by molar-refractivity contribution is 0.606. The van der Waals surface area contributed by atoms with Crippen LogP contribution in [0.2, 0.25) is 0 Å². The van der Waals surface area contributed by atoms with Gasteiger partial charge >= 0.3 is 0 Å². The van der Waals surface area contributed by atoms with E-state index in [1.54, 1.807) is 17.0 Å². The number of anilines is 1. The average molecular weight is 299 g/mol. The van der Waals surface area contributed by atoms with Crippen LogP contribution in [0.3, 0.4) is 0 Å². The first-order chi connectivity index (χ1) is 10.5. The van der Waals surface area contributed by atoms with Gasteiger partial charge in [-0.05, 0) is 36.0 Å². The number of benzene rings is 1. The summed E-state index contributed by atoms with van der Waals surface area (Å²) >= 11 is 0. The highest BCUT2D eigenvalue weighted by Crippen LogP contribution is 2.16. The molecular formula is C18H25N3O. The second-order valence-electron chi connectivity index (χ2n) is 6.31. The number of rotatable bonds is 6. The first-order valence-corrected chi connectivity index (χ1v) is 7.91. The Morgan fingerprint density at radius 1 is 1.14 bits per heavy atom. The smallest absolute Gasteiger partial charge is 0.297 e. The summed E-state index contributed by atoms with van der Waals surface area (Å²) in [4.78, 5) is 16.7. The molecule has 4 nitrogen and oxygen atoms in total. The third kappa shape index (κ3) is 3.97. The van der Waals surface area contributed by atoms with E-state index in [0.717, 1.165) is 18.7 Å². The lowest BCUT2D eigenvalue weighted by atomic mass is 10.0. The minimum atomic E-state index is -0.108. The Labute approximate surface area is 132 Å². The number of nitrogens with zero attached hydrogens (tertiary/aromatic N) is 2. The van der Waals surface area contributed by atoms with E-state index in [-0.39, 0.29) is 5.56 Å². The van der Waals surface area contributed by atoms with Crippen molar-refractivity contribution in [1.82, 2.24) is 9.55 Å². The Morgan fingerprint density at radius 3 is 2.41 bits per heavy atom. The van der Waals surface area contributed by atoms with Gasteiger partial charge in [0.2, 0.25) is 0 Å². The largest absolute Gasteiger partial charge is 0.365 e. The fourth-order valence-corrected chi connectivity index (χ4v) is 2.24. The molecule has 0 aliphatic heterocycles. The molecule has 0 fully saturated rings. The van der Waals surface area contributed by atoms with Crippen LogP contribution in [-0.4, -0.2) is 16.1 Å². The topological polar surface area (TPSA) is 46.9 Å². The second kappa shape index (κ2) is 7.25. The van der Waals surface area contributed by atoms with Gasteiger partial charge in [-0.25, -0.2) is 4.98 Å². The van der Waals surface area contributed by atoms with Crippen molar-refractivity contribution in [1.29, 1.82) is 0 Å². The highest BCUT2D eigenvalue weighted by Gasteiger charge is 2.07. The monoisotopic (exact) mass is 299 g/mol. The minimum Gasteiger partial charge on any atom is -0.365 e. The van der Waals surface area contributed by atoms with E-state index >= 15 is 0 Å². The van der Waals surface area contributed by atoms with Crippen LogP contribution in [0, 0.1) is 5.92 Å². The summed E-state index contributed by atoms with van der Waals surface area (Å²) < 4.78 is 1.63. The summed E-state index contributed by atoms with van der Waals surface area (Å²) in [5.41, 5.74) is 2.02. The first kappa shape index (κ1) is 16.3. The minimum absolute atomic E-state index is 0.108. The van der Waals surface area contributed by atoms with Gasteiger partial charge in [-0.15, -0.1) is 0 Å². The zero-order chi connectivity index (χ0) is 16.1. The summed E-state index contributed by atoms with van der Waals surface area (Å²) in [5.74, 6) is 1.49. The van der Waals surface area contributed by atoms with Crippen LogP contribution in [0.1, 0.15) is 45.6 Å². The Kier molecular flexibility index (Phi) is 5.36. The van der Waals surface area contributed by atoms with Crippen molar-refractivity contribution in [2.75, 3.05) is 11.9 Å². The third-order valence-corrected chi connectivity index (χ3v) is 3.69. The van der Waals surface area contributed by atoms with Gasteiger partial charge in [0, 0.05) is 24.6 Å². The quantitative estimate of drug-likeness (QED) is 0.882. The molecule has 1 aromatic heterocycles. The summed E-state index contributed by atoms with van der Waals surface area (Å²) in [7, 11) is 0. The van der Waals surface area contributed by atoms with Crippen LogP contribution < -0.4 is 10.9 Å². The molecule has 2 rings (SSSR count). The van der Waals surface area contributed by atoms with Crippen LogP contribution in [0.15, 0.2) is 41.5 Å². The van der Waals surface area contributed by atoms with E-state index < -0.39 is 0 Å². The van der Waals surface area contributed by atoms with Crippen LogP contribution in [0.4, 0.5) is 5.82 Å². The van der Waals surface area contributed by atoms with E-state index in [0.29, 0.717) is 17.7 Å². The van der Waals surface area contributed by atoms with E-state index in [2.05, 4.69) is 50.1 Å². The molecule has 0 aliphatic rings. The van der Waals surface area contributed by atoms with E-state index in [1.807, 2.05) is 12.1 Å². The van der Waals surface area contributed by atoms with Crippen LogP contribution >= 0.6 is 0 Å². The van der Waals surface area contributed by atoms with Crippen molar-refractivity contribution >= 4 is 5.82 Å². The average Bonchev–Trinajstić information content (AvgIpc) is 2.49. The highest BCUT2D eigenvalue weighted by atomic mass is 16.1. The van der Waals surface area contributed by atoms with Crippen LogP contribution in [0.5, 0.6) is 0 Å². The van der Waals surface area contributed by atoms with Crippen molar-refractivity contribution in [2.24, 2.45) is 5.92 Å². The molecule has 22 heavy (non-hydrogen) atoms. The molecule has 0 aliphatic carbocycles. The summed E-state index contributed by atoms with van der Waals surface area (Å²) in [5, 5.41) is 3.14.